The van der Waals surface area contributed by atoms with E-state index in [-0.39, 0.29) is 14.7 Å². The van der Waals surface area contributed by atoms with E-state index in [2.05, 4.69) is 25.1 Å². The summed E-state index contributed by atoms with van der Waals surface area (Å²) in [5.74, 6) is -0.254. The Morgan fingerprint density at radius 1 is 1.20 bits per heavy atom. The van der Waals surface area contributed by atoms with Crippen molar-refractivity contribution in [3.05, 3.63) is 52.5 Å². The molecule has 166 valence electrons. The molecule has 15 heteroatoms. The van der Waals surface area contributed by atoms with Gasteiger partial charge in [0.05, 0.1) is 5.56 Å². The summed E-state index contributed by atoms with van der Waals surface area (Å²) >= 11 is -1.81. The summed E-state index contributed by atoms with van der Waals surface area (Å²) in [5, 5.41) is 10.8. The van der Waals surface area contributed by atoms with Gasteiger partial charge in [-0.15, -0.1) is 0 Å². The van der Waals surface area contributed by atoms with Crippen LogP contribution in [0.3, 0.4) is 0 Å². The number of hydrogen-bond acceptors (Lipinski definition) is 6. The minimum absolute atomic E-state index is 0.0327. The van der Waals surface area contributed by atoms with E-state index in [4.69, 9.17) is 9.81 Å². The molecule has 2 aromatic rings. The van der Waals surface area contributed by atoms with E-state index in [0.29, 0.717) is 17.8 Å². The number of alkyl halides is 3. The van der Waals surface area contributed by atoms with Gasteiger partial charge in [-0.2, -0.15) is 21.6 Å². The molecule has 30 heavy (non-hydrogen) atoms. The monoisotopic (exact) mass is 579 g/mol. The summed E-state index contributed by atoms with van der Waals surface area (Å²) in [6.07, 6.45) is -4.80. The number of anilines is 1. The van der Waals surface area contributed by atoms with Crippen LogP contribution in [-0.4, -0.2) is 42.4 Å². The van der Waals surface area contributed by atoms with Crippen molar-refractivity contribution in [1.29, 1.82) is 0 Å². The van der Waals surface area contributed by atoms with Crippen molar-refractivity contribution in [3.63, 3.8) is 0 Å². The van der Waals surface area contributed by atoms with Gasteiger partial charge < -0.3 is 0 Å². The van der Waals surface area contributed by atoms with Gasteiger partial charge in [0.25, 0.3) is 10.1 Å². The molecule has 1 atom stereocenters. The van der Waals surface area contributed by atoms with Crippen LogP contribution in [-0.2, 0) is 28.7 Å². The molecule has 0 fully saturated rings. The Labute approximate surface area is 179 Å². The van der Waals surface area contributed by atoms with Crippen LogP contribution in [0.25, 0.3) is 0 Å². The molecule has 1 amide bonds. The molecule has 0 saturated carbocycles. The molecular weight excluding hydrogens is 566 g/mol. The van der Waals surface area contributed by atoms with Crippen LogP contribution in [0.15, 0.2) is 51.8 Å². The molecule has 0 aromatic heterocycles. The number of amides is 1. The first kappa shape index (κ1) is 26.4. The molecule has 4 N–H and O–H groups in total. The maximum atomic E-state index is 12.2. The predicted octanol–water partition coefficient (Wildman–Crippen LogP) is 2.42. The molecule has 0 radical (unpaired) electrons. The summed E-state index contributed by atoms with van der Waals surface area (Å²) in [7, 11) is -4.84. The minimum atomic E-state index is -4.86. The molecule has 0 bridgehead atoms. The first-order chi connectivity index (χ1) is 13.6. The Morgan fingerprint density at radius 3 is 2.17 bits per heavy atom. The summed E-state index contributed by atoms with van der Waals surface area (Å²) in [6, 6.07) is 7.59. The van der Waals surface area contributed by atoms with E-state index in [9.17, 15) is 34.2 Å². The number of carbonyl (C=O) groups excluding carboxylic acids is 1. The molecule has 0 aliphatic heterocycles. The van der Waals surface area contributed by atoms with E-state index in [1.165, 1.54) is 25.1 Å². The third kappa shape index (κ3) is 7.54. The molecule has 0 aliphatic rings. The second-order valence-corrected chi connectivity index (χ2v) is 11.2. The van der Waals surface area contributed by atoms with Gasteiger partial charge in [0.2, 0.25) is 0 Å². The van der Waals surface area contributed by atoms with Crippen molar-refractivity contribution in [3.8, 4) is 0 Å². The van der Waals surface area contributed by atoms with Gasteiger partial charge >= 0.3 is 109 Å². The molecule has 0 heterocycles. The van der Waals surface area contributed by atoms with E-state index in [1.807, 2.05) is 0 Å². The zero-order chi connectivity index (χ0) is 23.3. The van der Waals surface area contributed by atoms with Gasteiger partial charge in [0, 0.05) is 0 Å². The zero-order valence-corrected chi connectivity index (χ0v) is 19.1. The van der Waals surface area contributed by atoms with Crippen LogP contribution in [0, 0.1) is 0 Å². The molecular formula is C15H14AsBrF3NO8S. The predicted molar refractivity (Wildman–Crippen MR) is 102 cm³/mol. The minimum Gasteiger partial charge on any atom is -0.282 e. The summed E-state index contributed by atoms with van der Waals surface area (Å²) < 4.78 is 90.7. The number of hydrogen-bond donors (Lipinski definition) is 4. The van der Waals surface area contributed by atoms with Crippen molar-refractivity contribution in [2.45, 2.75) is 18.0 Å². The maximum absolute atomic E-state index is 12.2. The molecule has 0 spiro atoms. The second-order valence-electron chi connectivity index (χ2n) is 5.42. The van der Waals surface area contributed by atoms with Crippen molar-refractivity contribution in [1.82, 2.24) is 0 Å². The van der Waals surface area contributed by atoms with E-state index in [1.54, 1.807) is 0 Å². The fourth-order valence-corrected chi connectivity index (χ4v) is 5.68. The van der Waals surface area contributed by atoms with Crippen molar-refractivity contribution >= 4 is 56.2 Å². The van der Waals surface area contributed by atoms with Crippen LogP contribution in [0.1, 0.15) is 12.5 Å². The van der Waals surface area contributed by atoms with Crippen LogP contribution in [0.4, 0.5) is 18.9 Å². The largest absolute Gasteiger partial charge is 0.417 e. The Morgan fingerprint density at radius 2 is 1.77 bits per heavy atom. The molecule has 0 aliphatic carbocycles. The number of nitrogens with one attached hydrogen (secondary N) is 1. The number of carbonyl (C=O) groups is 1. The van der Waals surface area contributed by atoms with Crippen LogP contribution >= 0.6 is 15.9 Å². The molecule has 0 saturated heterocycles. The first-order valence-electron chi connectivity index (χ1n) is 7.47. The van der Waals surface area contributed by atoms with Crippen molar-refractivity contribution < 1.29 is 47.9 Å². The van der Waals surface area contributed by atoms with Gasteiger partial charge in [0.1, 0.15) is 4.90 Å². The molecule has 2 aromatic carbocycles. The standard InChI is InChI=1S/C8H9AsBrNO5.C7H5F3O3S/c1-5(12)11-6-2-3-7(8(10)4-6)9(13,14)16-15;8-7(9,10)5-3-1-2-4-6(5)14(11,12)13/h2-4,15H,1H3,(H,11,12)(H,13,14);1-4H,(H,11,12,13). The van der Waals surface area contributed by atoms with Crippen molar-refractivity contribution in [2.24, 2.45) is 0 Å². The number of benzene rings is 2. The molecule has 1 unspecified atom stereocenters. The Kier molecular flexibility index (Phi) is 8.87. The fraction of sp³-hybridized carbons (Fsp3) is 0.133. The maximum Gasteiger partial charge on any atom is 0.417 e. The van der Waals surface area contributed by atoms with Gasteiger partial charge in [-0.25, -0.2) is 0 Å². The van der Waals surface area contributed by atoms with E-state index < -0.39 is 40.9 Å². The number of halogens is 4. The van der Waals surface area contributed by atoms with Gasteiger partial charge in [-0.05, 0) is 12.1 Å². The quantitative estimate of drug-likeness (QED) is 0.187. The van der Waals surface area contributed by atoms with Gasteiger partial charge in [-0.3, -0.25) is 4.55 Å². The van der Waals surface area contributed by atoms with Crippen molar-refractivity contribution in [2.75, 3.05) is 5.32 Å². The molecule has 2 rings (SSSR count). The Bertz CT molecular complexity index is 1080. The van der Waals surface area contributed by atoms with Crippen LogP contribution < -0.4 is 9.67 Å². The Balaban J connectivity index is 0.000000303. The van der Waals surface area contributed by atoms with E-state index in [0.717, 1.165) is 12.1 Å². The fourth-order valence-electron chi connectivity index (χ4n) is 1.99. The van der Waals surface area contributed by atoms with Crippen LogP contribution in [0.5, 0.6) is 0 Å². The second kappa shape index (κ2) is 10.1. The molecule has 9 nitrogen and oxygen atoms in total. The summed E-state index contributed by atoms with van der Waals surface area (Å²) in [4.78, 5) is 9.64. The van der Waals surface area contributed by atoms with Gasteiger partial charge in [0.15, 0.2) is 0 Å². The zero-order valence-electron chi connectivity index (χ0n) is 14.8. The van der Waals surface area contributed by atoms with E-state index >= 15 is 0 Å². The third-order valence-electron chi connectivity index (χ3n) is 3.15. The smallest absolute Gasteiger partial charge is 0.282 e. The normalized spacial score (nSPS) is 13.6. The van der Waals surface area contributed by atoms with Gasteiger partial charge in [-0.1, -0.05) is 12.1 Å². The topological polar surface area (TPSA) is 150 Å². The van der Waals surface area contributed by atoms with Crippen LogP contribution in [0.2, 0.25) is 0 Å². The average Bonchev–Trinajstić information content (AvgIpc) is 2.60. The SMILES string of the molecule is CC(=O)Nc1ccc([As](=O)(O)OO)c(Br)c1.O=S(=O)(O)c1ccccc1C(F)(F)F. The first-order valence-corrected chi connectivity index (χ1v) is 13.0. The summed E-state index contributed by atoms with van der Waals surface area (Å²) in [6.45, 7) is 1.35. The Hall–Kier alpha value is -1.67. The third-order valence-corrected chi connectivity index (χ3v) is 7.95. The average molecular weight is 580 g/mol. The summed E-state index contributed by atoms with van der Waals surface area (Å²) in [5.41, 5.74) is -0.904. The number of rotatable bonds is 4.